The fraction of sp³-hybridized carbons (Fsp3) is 0.417. The molecule has 0 radical (unpaired) electrons. The Balaban J connectivity index is 1.95. The van der Waals surface area contributed by atoms with Gasteiger partial charge in [-0.15, -0.1) is 0 Å². The molecule has 0 saturated heterocycles. The highest BCUT2D eigenvalue weighted by molar-refractivity contribution is 5.90. The molecule has 1 heterocycles. The first kappa shape index (κ1) is 13.3. The molecule has 1 fully saturated rings. The minimum absolute atomic E-state index is 0.109. The van der Waals surface area contributed by atoms with E-state index < -0.39 is 23.4 Å². The molecule has 0 aliphatic heterocycles. The number of nitrogens with zero attached hydrogens (tertiary/aromatic N) is 1. The molecule has 0 spiro atoms. The smallest absolute Gasteiger partial charge is 0.319 e. The lowest BCUT2D eigenvalue weighted by Crippen LogP contribution is -2.55. The van der Waals surface area contributed by atoms with Crippen LogP contribution in [0.5, 0.6) is 0 Å². The lowest BCUT2D eigenvalue weighted by atomic mass is 9.74. The highest BCUT2D eigenvalue weighted by Gasteiger charge is 2.40. The third-order valence-electron chi connectivity index (χ3n) is 3.14. The van der Waals surface area contributed by atoms with Crippen molar-refractivity contribution in [3.63, 3.8) is 0 Å². The Bertz CT molecular complexity index is 503. The van der Waals surface area contributed by atoms with Gasteiger partial charge in [0.05, 0.1) is 30.0 Å². The van der Waals surface area contributed by atoms with Crippen molar-refractivity contribution in [1.82, 2.24) is 10.3 Å². The second-order valence-electron chi connectivity index (χ2n) is 4.68. The van der Waals surface area contributed by atoms with Gasteiger partial charge in [-0.3, -0.25) is 9.78 Å². The Hall–Kier alpha value is -2.18. The number of carboxylic acid groups (broad SMARTS) is 1. The van der Waals surface area contributed by atoms with Gasteiger partial charge < -0.3 is 15.7 Å². The highest BCUT2D eigenvalue weighted by Crippen LogP contribution is 2.34. The Labute approximate surface area is 109 Å². The minimum atomic E-state index is -0.951. The Kier molecular flexibility index (Phi) is 3.64. The molecule has 2 rings (SSSR count). The number of halogens is 1. The maximum atomic E-state index is 12.9. The number of carboxylic acids is 1. The van der Waals surface area contributed by atoms with E-state index >= 15 is 0 Å². The number of nitrogens with one attached hydrogen (secondary N) is 2. The van der Waals surface area contributed by atoms with Crippen molar-refractivity contribution in [2.24, 2.45) is 0 Å². The zero-order valence-corrected chi connectivity index (χ0v) is 10.1. The van der Waals surface area contributed by atoms with Crippen LogP contribution in [0, 0.1) is 5.82 Å². The summed E-state index contributed by atoms with van der Waals surface area (Å²) in [5, 5.41) is 13.9. The van der Waals surface area contributed by atoms with Crippen LogP contribution < -0.4 is 10.6 Å². The number of aliphatic carboxylic acids is 1. The molecule has 1 saturated carbocycles. The van der Waals surface area contributed by atoms with E-state index in [1.165, 1.54) is 6.20 Å². The zero-order valence-electron chi connectivity index (χ0n) is 10.1. The molecule has 0 atom stereocenters. The lowest BCUT2D eigenvalue weighted by Gasteiger charge is -2.41. The van der Waals surface area contributed by atoms with Crippen molar-refractivity contribution in [3.05, 3.63) is 24.3 Å². The SMILES string of the molecule is O=C(O)CC1(NC(=O)Nc2cncc(F)c2)CCC1. The van der Waals surface area contributed by atoms with Gasteiger partial charge in [-0.05, 0) is 19.3 Å². The Morgan fingerprint density at radius 3 is 2.68 bits per heavy atom. The second-order valence-corrected chi connectivity index (χ2v) is 4.68. The van der Waals surface area contributed by atoms with Crippen LogP contribution in [-0.2, 0) is 4.79 Å². The maximum Gasteiger partial charge on any atom is 0.319 e. The molecule has 102 valence electrons. The van der Waals surface area contributed by atoms with Crippen molar-refractivity contribution in [1.29, 1.82) is 0 Å². The van der Waals surface area contributed by atoms with Gasteiger partial charge in [0.1, 0.15) is 5.82 Å². The number of hydrogen-bond donors (Lipinski definition) is 3. The number of rotatable bonds is 4. The summed E-state index contributed by atoms with van der Waals surface area (Å²) >= 11 is 0. The van der Waals surface area contributed by atoms with E-state index in [0.717, 1.165) is 18.7 Å². The molecule has 2 amide bonds. The molecule has 1 aromatic heterocycles. The largest absolute Gasteiger partial charge is 0.481 e. The van der Waals surface area contributed by atoms with Gasteiger partial charge >= 0.3 is 12.0 Å². The van der Waals surface area contributed by atoms with Crippen LogP contribution in [0.15, 0.2) is 18.5 Å². The number of carbonyl (C=O) groups is 2. The average molecular weight is 267 g/mol. The lowest BCUT2D eigenvalue weighted by molar-refractivity contribution is -0.139. The molecule has 0 bridgehead atoms. The van der Waals surface area contributed by atoms with Crippen molar-refractivity contribution < 1.29 is 19.1 Å². The Morgan fingerprint density at radius 2 is 2.16 bits per heavy atom. The zero-order chi connectivity index (χ0) is 13.9. The summed E-state index contributed by atoms with van der Waals surface area (Å²) in [6.45, 7) is 0. The van der Waals surface area contributed by atoms with E-state index in [2.05, 4.69) is 15.6 Å². The third-order valence-corrected chi connectivity index (χ3v) is 3.14. The first-order valence-electron chi connectivity index (χ1n) is 5.91. The molecule has 1 aliphatic carbocycles. The van der Waals surface area contributed by atoms with Crippen molar-refractivity contribution in [3.8, 4) is 0 Å². The summed E-state index contributed by atoms with van der Waals surface area (Å²) in [6, 6.07) is 0.588. The molecule has 0 unspecified atom stereocenters. The standard InChI is InChI=1S/C12H14FN3O3/c13-8-4-9(7-14-6-8)15-11(19)16-12(2-1-3-12)5-10(17)18/h4,6-7H,1-3,5H2,(H,17,18)(H2,15,16,19). The van der Waals surface area contributed by atoms with Gasteiger partial charge in [0.15, 0.2) is 0 Å². The van der Waals surface area contributed by atoms with Gasteiger partial charge in [0.2, 0.25) is 0 Å². The van der Waals surface area contributed by atoms with Crippen LogP contribution in [0.3, 0.4) is 0 Å². The topological polar surface area (TPSA) is 91.3 Å². The van der Waals surface area contributed by atoms with Crippen LogP contribution in [-0.4, -0.2) is 27.6 Å². The quantitative estimate of drug-likeness (QED) is 0.774. The van der Waals surface area contributed by atoms with Crippen LogP contribution >= 0.6 is 0 Å². The van der Waals surface area contributed by atoms with Crippen LogP contribution in [0.1, 0.15) is 25.7 Å². The van der Waals surface area contributed by atoms with E-state index in [4.69, 9.17) is 5.11 Å². The summed E-state index contributed by atoms with van der Waals surface area (Å²) in [6.07, 6.45) is 4.38. The molecule has 0 aromatic carbocycles. The summed E-state index contributed by atoms with van der Waals surface area (Å²) in [7, 11) is 0. The number of carbonyl (C=O) groups excluding carboxylic acids is 1. The molecule has 1 aromatic rings. The van der Waals surface area contributed by atoms with E-state index in [0.29, 0.717) is 12.8 Å². The van der Waals surface area contributed by atoms with Crippen molar-refractivity contribution in [2.45, 2.75) is 31.2 Å². The number of aromatic nitrogens is 1. The number of amides is 2. The van der Waals surface area contributed by atoms with Gasteiger partial charge in [-0.25, -0.2) is 9.18 Å². The number of pyridine rings is 1. The van der Waals surface area contributed by atoms with E-state index in [1.807, 2.05) is 0 Å². The van der Waals surface area contributed by atoms with Crippen molar-refractivity contribution in [2.75, 3.05) is 5.32 Å². The number of urea groups is 1. The molecule has 6 nitrogen and oxygen atoms in total. The van der Waals surface area contributed by atoms with Crippen LogP contribution in [0.25, 0.3) is 0 Å². The second kappa shape index (κ2) is 5.21. The predicted molar refractivity (Wildman–Crippen MR) is 65.2 cm³/mol. The summed E-state index contributed by atoms with van der Waals surface area (Å²) < 4.78 is 12.9. The summed E-state index contributed by atoms with van der Waals surface area (Å²) in [4.78, 5) is 26.1. The Morgan fingerprint density at radius 1 is 1.42 bits per heavy atom. The number of anilines is 1. The molecular weight excluding hydrogens is 253 g/mol. The van der Waals surface area contributed by atoms with E-state index in [1.54, 1.807) is 0 Å². The minimum Gasteiger partial charge on any atom is -0.481 e. The summed E-state index contributed by atoms with van der Waals surface area (Å²) in [5.74, 6) is -1.51. The molecule has 19 heavy (non-hydrogen) atoms. The van der Waals surface area contributed by atoms with Gasteiger partial charge in [0.25, 0.3) is 0 Å². The maximum absolute atomic E-state index is 12.9. The third kappa shape index (κ3) is 3.40. The normalized spacial score (nSPS) is 16.3. The fourth-order valence-electron chi connectivity index (χ4n) is 2.12. The molecule has 7 heteroatoms. The highest BCUT2D eigenvalue weighted by atomic mass is 19.1. The van der Waals surface area contributed by atoms with Crippen LogP contribution in [0.2, 0.25) is 0 Å². The van der Waals surface area contributed by atoms with Crippen molar-refractivity contribution >= 4 is 17.7 Å². The molecular formula is C12H14FN3O3. The van der Waals surface area contributed by atoms with E-state index in [-0.39, 0.29) is 12.1 Å². The summed E-state index contributed by atoms with van der Waals surface area (Å²) in [5.41, 5.74) is -0.460. The first-order valence-corrected chi connectivity index (χ1v) is 5.91. The van der Waals surface area contributed by atoms with Gasteiger partial charge in [-0.1, -0.05) is 0 Å². The predicted octanol–water partition coefficient (Wildman–Crippen LogP) is 1.74. The molecule has 3 N–H and O–H groups in total. The fourth-order valence-corrected chi connectivity index (χ4v) is 2.12. The average Bonchev–Trinajstić information content (AvgIpc) is 2.25. The van der Waals surface area contributed by atoms with E-state index in [9.17, 15) is 14.0 Å². The molecule has 1 aliphatic rings. The monoisotopic (exact) mass is 267 g/mol. The first-order chi connectivity index (χ1) is 8.99. The van der Waals surface area contributed by atoms with Gasteiger partial charge in [-0.2, -0.15) is 0 Å². The number of hydrogen-bond acceptors (Lipinski definition) is 3. The van der Waals surface area contributed by atoms with Gasteiger partial charge in [0, 0.05) is 6.07 Å². The van der Waals surface area contributed by atoms with Crippen LogP contribution in [0.4, 0.5) is 14.9 Å².